The normalized spacial score (nSPS) is 18.5. The molecule has 2 N–H and O–H groups in total. The molecule has 1 amide bonds. The summed E-state index contributed by atoms with van der Waals surface area (Å²) in [5.41, 5.74) is 1.04. The lowest BCUT2D eigenvalue weighted by molar-refractivity contribution is -0.119. The molecular formula is C13H18ClFN2O2. The molecule has 0 spiro atoms. The van der Waals surface area contributed by atoms with E-state index in [9.17, 15) is 9.18 Å². The van der Waals surface area contributed by atoms with Crippen LogP contribution in [0.1, 0.15) is 12.0 Å². The average Bonchev–Trinajstić information content (AvgIpc) is 2.34. The van der Waals surface area contributed by atoms with Gasteiger partial charge in [0.15, 0.2) is 0 Å². The molecule has 1 unspecified atom stereocenters. The molecule has 6 heteroatoms. The molecule has 1 saturated heterocycles. The topological polar surface area (TPSA) is 50.4 Å². The Hall–Kier alpha value is -1.17. The number of halogens is 2. The van der Waals surface area contributed by atoms with Crippen LogP contribution in [0.25, 0.3) is 0 Å². The highest BCUT2D eigenvalue weighted by molar-refractivity contribution is 5.91. The van der Waals surface area contributed by atoms with E-state index in [1.807, 2.05) is 0 Å². The van der Waals surface area contributed by atoms with Gasteiger partial charge in [0, 0.05) is 13.1 Å². The fourth-order valence-corrected chi connectivity index (χ4v) is 1.88. The van der Waals surface area contributed by atoms with Crippen molar-refractivity contribution in [2.45, 2.75) is 19.4 Å². The second kappa shape index (κ2) is 7.43. The van der Waals surface area contributed by atoms with Gasteiger partial charge in [0.2, 0.25) is 5.91 Å². The number of aryl methyl sites for hydroxylation is 1. The van der Waals surface area contributed by atoms with Gasteiger partial charge in [-0.3, -0.25) is 4.79 Å². The van der Waals surface area contributed by atoms with Crippen molar-refractivity contribution in [3.8, 4) is 0 Å². The van der Waals surface area contributed by atoms with E-state index in [-0.39, 0.29) is 36.5 Å². The fraction of sp³-hybridized carbons (Fsp3) is 0.462. The fourth-order valence-electron chi connectivity index (χ4n) is 1.88. The van der Waals surface area contributed by atoms with Crippen LogP contribution in [0.3, 0.4) is 0 Å². The van der Waals surface area contributed by atoms with Gasteiger partial charge in [-0.05, 0) is 24.6 Å². The summed E-state index contributed by atoms with van der Waals surface area (Å²) in [6.45, 7) is 3.88. The number of rotatable bonds is 3. The van der Waals surface area contributed by atoms with Gasteiger partial charge in [-0.1, -0.05) is 6.07 Å². The van der Waals surface area contributed by atoms with E-state index in [4.69, 9.17) is 4.74 Å². The molecule has 106 valence electrons. The third kappa shape index (κ3) is 4.78. The van der Waals surface area contributed by atoms with Crippen molar-refractivity contribution in [1.29, 1.82) is 0 Å². The lowest BCUT2D eigenvalue weighted by atomic mass is 10.2. The molecule has 19 heavy (non-hydrogen) atoms. The van der Waals surface area contributed by atoms with Gasteiger partial charge in [0.1, 0.15) is 5.82 Å². The smallest absolute Gasteiger partial charge is 0.227 e. The lowest BCUT2D eigenvalue weighted by Gasteiger charge is -2.23. The highest BCUT2D eigenvalue weighted by atomic mass is 35.5. The number of nitrogens with one attached hydrogen (secondary N) is 2. The summed E-state index contributed by atoms with van der Waals surface area (Å²) in [5, 5.41) is 5.71. The van der Waals surface area contributed by atoms with Crippen molar-refractivity contribution in [2.24, 2.45) is 0 Å². The molecule has 1 aromatic rings. The molecule has 0 saturated carbocycles. The van der Waals surface area contributed by atoms with Gasteiger partial charge in [-0.25, -0.2) is 4.39 Å². The van der Waals surface area contributed by atoms with Gasteiger partial charge in [0.05, 0.1) is 24.8 Å². The molecule has 0 radical (unpaired) electrons. The summed E-state index contributed by atoms with van der Waals surface area (Å²) in [7, 11) is 0. The minimum atomic E-state index is -0.411. The number of benzene rings is 1. The molecule has 0 bridgehead atoms. The second-order valence-corrected chi connectivity index (χ2v) is 4.43. The van der Waals surface area contributed by atoms with E-state index in [1.165, 1.54) is 6.07 Å². The number of carbonyl (C=O) groups is 1. The number of morpholine rings is 1. The van der Waals surface area contributed by atoms with Crippen molar-refractivity contribution < 1.29 is 13.9 Å². The van der Waals surface area contributed by atoms with E-state index in [2.05, 4.69) is 10.6 Å². The van der Waals surface area contributed by atoms with E-state index >= 15 is 0 Å². The van der Waals surface area contributed by atoms with Crippen LogP contribution in [0.5, 0.6) is 0 Å². The third-order valence-electron chi connectivity index (χ3n) is 2.82. The van der Waals surface area contributed by atoms with Gasteiger partial charge in [-0.2, -0.15) is 0 Å². The van der Waals surface area contributed by atoms with Crippen molar-refractivity contribution in [3.05, 3.63) is 29.6 Å². The van der Waals surface area contributed by atoms with Crippen LogP contribution in [0.4, 0.5) is 10.1 Å². The molecule has 1 atom stereocenters. The first kappa shape index (κ1) is 15.9. The standard InChI is InChI=1S/C13H17FN2O2.ClH/c1-9-2-3-12(11(14)6-9)16-13(17)7-10-8-15-4-5-18-10;/h2-3,6,10,15H,4-5,7-8H2,1H3,(H,16,17);1H. The maximum Gasteiger partial charge on any atom is 0.227 e. The summed E-state index contributed by atoms with van der Waals surface area (Å²) >= 11 is 0. The SMILES string of the molecule is Cc1ccc(NC(=O)CC2CNCCO2)c(F)c1.Cl. The Balaban J connectivity index is 0.00000180. The molecule has 2 rings (SSSR count). The molecular weight excluding hydrogens is 271 g/mol. The lowest BCUT2D eigenvalue weighted by Crippen LogP contribution is -2.40. The van der Waals surface area contributed by atoms with Crippen molar-refractivity contribution in [1.82, 2.24) is 5.32 Å². The Morgan fingerprint density at radius 3 is 3.00 bits per heavy atom. The van der Waals surface area contributed by atoms with Gasteiger partial charge >= 0.3 is 0 Å². The number of amides is 1. The zero-order valence-corrected chi connectivity index (χ0v) is 11.6. The number of ether oxygens (including phenoxy) is 1. The molecule has 4 nitrogen and oxygen atoms in total. The minimum absolute atomic E-state index is 0. The Labute approximate surface area is 118 Å². The Bertz CT molecular complexity index is 437. The van der Waals surface area contributed by atoms with E-state index in [0.717, 1.165) is 12.1 Å². The Kier molecular flexibility index (Phi) is 6.21. The summed E-state index contributed by atoms with van der Waals surface area (Å²) in [5.74, 6) is -0.641. The second-order valence-electron chi connectivity index (χ2n) is 4.43. The predicted molar refractivity (Wildman–Crippen MR) is 74.2 cm³/mol. The van der Waals surface area contributed by atoms with Crippen molar-refractivity contribution >= 4 is 24.0 Å². The van der Waals surface area contributed by atoms with Crippen LogP contribution in [-0.2, 0) is 9.53 Å². The minimum Gasteiger partial charge on any atom is -0.375 e. The third-order valence-corrected chi connectivity index (χ3v) is 2.82. The monoisotopic (exact) mass is 288 g/mol. The Morgan fingerprint density at radius 2 is 2.37 bits per heavy atom. The number of hydrogen-bond donors (Lipinski definition) is 2. The van der Waals surface area contributed by atoms with Crippen LogP contribution in [0.2, 0.25) is 0 Å². The van der Waals surface area contributed by atoms with Crippen LogP contribution < -0.4 is 10.6 Å². The van der Waals surface area contributed by atoms with Crippen LogP contribution in [-0.4, -0.2) is 31.7 Å². The molecule has 1 fully saturated rings. The quantitative estimate of drug-likeness (QED) is 0.893. The maximum absolute atomic E-state index is 13.5. The highest BCUT2D eigenvalue weighted by Crippen LogP contribution is 2.16. The van der Waals surface area contributed by atoms with Crippen LogP contribution >= 0.6 is 12.4 Å². The summed E-state index contributed by atoms with van der Waals surface area (Å²) in [6, 6.07) is 4.73. The molecule has 1 heterocycles. The van der Waals surface area contributed by atoms with E-state index < -0.39 is 5.82 Å². The predicted octanol–water partition coefficient (Wildman–Crippen LogP) is 1.87. The van der Waals surface area contributed by atoms with Crippen molar-refractivity contribution in [2.75, 3.05) is 25.0 Å². The zero-order valence-electron chi connectivity index (χ0n) is 10.7. The van der Waals surface area contributed by atoms with Crippen LogP contribution in [0.15, 0.2) is 18.2 Å². The van der Waals surface area contributed by atoms with Gasteiger partial charge < -0.3 is 15.4 Å². The molecule has 0 aliphatic carbocycles. The average molecular weight is 289 g/mol. The first-order chi connectivity index (χ1) is 8.65. The summed E-state index contributed by atoms with van der Waals surface area (Å²) < 4.78 is 18.9. The van der Waals surface area contributed by atoms with Crippen molar-refractivity contribution in [3.63, 3.8) is 0 Å². The van der Waals surface area contributed by atoms with E-state index in [1.54, 1.807) is 19.1 Å². The first-order valence-corrected chi connectivity index (χ1v) is 6.03. The molecule has 0 aromatic heterocycles. The molecule has 1 aliphatic heterocycles. The Morgan fingerprint density at radius 1 is 1.58 bits per heavy atom. The van der Waals surface area contributed by atoms with Gasteiger partial charge in [0.25, 0.3) is 0 Å². The first-order valence-electron chi connectivity index (χ1n) is 6.03. The largest absolute Gasteiger partial charge is 0.375 e. The van der Waals surface area contributed by atoms with Crippen LogP contribution in [0, 0.1) is 12.7 Å². The zero-order chi connectivity index (χ0) is 13.0. The van der Waals surface area contributed by atoms with Gasteiger partial charge in [-0.15, -0.1) is 12.4 Å². The number of hydrogen-bond acceptors (Lipinski definition) is 3. The summed E-state index contributed by atoms with van der Waals surface area (Å²) in [6.07, 6.45) is 0.104. The number of anilines is 1. The molecule has 1 aromatic carbocycles. The molecule has 1 aliphatic rings. The van der Waals surface area contributed by atoms with E-state index in [0.29, 0.717) is 13.2 Å². The summed E-state index contributed by atoms with van der Waals surface area (Å²) in [4.78, 5) is 11.7. The maximum atomic E-state index is 13.5. The highest BCUT2D eigenvalue weighted by Gasteiger charge is 2.18. The number of carbonyl (C=O) groups excluding carboxylic acids is 1.